The van der Waals surface area contributed by atoms with Crippen LogP contribution in [0.2, 0.25) is 0 Å². The van der Waals surface area contributed by atoms with Crippen molar-refractivity contribution in [1.29, 1.82) is 0 Å². The Bertz CT molecular complexity index is 537. The minimum absolute atomic E-state index is 0.0248. The molecule has 1 unspecified atom stereocenters. The van der Waals surface area contributed by atoms with Crippen molar-refractivity contribution in [3.8, 4) is 5.75 Å². The third-order valence-electron chi connectivity index (χ3n) is 3.02. The number of halogens is 1. The van der Waals surface area contributed by atoms with E-state index in [1.165, 1.54) is 7.11 Å². The van der Waals surface area contributed by atoms with Gasteiger partial charge in [-0.3, -0.25) is 9.59 Å². The summed E-state index contributed by atoms with van der Waals surface area (Å²) in [5.41, 5.74) is 0.387. The van der Waals surface area contributed by atoms with Crippen LogP contribution in [0.15, 0.2) is 4.79 Å². The van der Waals surface area contributed by atoms with E-state index in [-0.39, 0.29) is 22.9 Å². The summed E-state index contributed by atoms with van der Waals surface area (Å²) in [6, 6.07) is -0.0248. The summed E-state index contributed by atoms with van der Waals surface area (Å²) in [5.74, 6) is 0.0501. The highest BCUT2D eigenvalue weighted by Crippen LogP contribution is 2.38. The van der Waals surface area contributed by atoms with Gasteiger partial charge in [-0.15, -0.1) is 0 Å². The Morgan fingerprint density at radius 2 is 2.24 bits per heavy atom. The van der Waals surface area contributed by atoms with Crippen molar-refractivity contribution in [2.75, 3.05) is 7.11 Å². The van der Waals surface area contributed by atoms with E-state index in [1.54, 1.807) is 4.57 Å². The van der Waals surface area contributed by atoms with Crippen molar-refractivity contribution >= 4 is 28.9 Å². The normalized spacial score (nSPS) is 22.4. The lowest BCUT2D eigenvalue weighted by atomic mass is 10.2. The number of carbonyl (C=O) groups excluding carboxylic acids is 1. The first-order valence-corrected chi connectivity index (χ1v) is 6.25. The quantitative estimate of drug-likeness (QED) is 0.645. The number of fused-ring (bicyclic) bond motifs is 1. The van der Waals surface area contributed by atoms with Crippen molar-refractivity contribution in [2.24, 2.45) is 0 Å². The SMILES string of the molecule is COc1c(C=O)n2c(c(I)c1=O)C(O)C[C@@H]2C. The third kappa shape index (κ3) is 1.70. The van der Waals surface area contributed by atoms with Crippen LogP contribution in [0, 0.1) is 3.57 Å². The molecule has 2 atom stereocenters. The fourth-order valence-corrected chi connectivity index (χ4v) is 3.17. The number of nitrogens with zero attached hydrogens (tertiary/aromatic N) is 1. The van der Waals surface area contributed by atoms with Crippen LogP contribution >= 0.6 is 22.6 Å². The first-order chi connectivity index (χ1) is 8.02. The minimum Gasteiger partial charge on any atom is -0.491 e. The largest absolute Gasteiger partial charge is 0.491 e. The van der Waals surface area contributed by atoms with Crippen molar-refractivity contribution in [3.05, 3.63) is 25.2 Å². The number of ether oxygens (including phenoxy) is 1. The fourth-order valence-electron chi connectivity index (χ4n) is 2.31. The molecule has 5 nitrogen and oxygen atoms in total. The fraction of sp³-hybridized carbons (Fsp3) is 0.455. The van der Waals surface area contributed by atoms with Gasteiger partial charge in [0.25, 0.3) is 0 Å². The molecule has 1 aromatic rings. The van der Waals surface area contributed by atoms with E-state index in [1.807, 2.05) is 29.5 Å². The lowest BCUT2D eigenvalue weighted by Gasteiger charge is -2.16. The predicted octanol–water partition coefficient (Wildman–Crippen LogP) is 1.27. The van der Waals surface area contributed by atoms with E-state index < -0.39 is 6.10 Å². The van der Waals surface area contributed by atoms with Gasteiger partial charge in [0, 0.05) is 6.04 Å². The van der Waals surface area contributed by atoms with Crippen LogP contribution < -0.4 is 10.2 Å². The molecule has 0 spiro atoms. The minimum atomic E-state index is -0.700. The third-order valence-corrected chi connectivity index (χ3v) is 4.06. The van der Waals surface area contributed by atoms with E-state index >= 15 is 0 Å². The zero-order valence-corrected chi connectivity index (χ0v) is 11.6. The Labute approximate surface area is 112 Å². The number of methoxy groups -OCH3 is 1. The number of aliphatic hydroxyl groups excluding tert-OH is 1. The number of aliphatic hydroxyl groups is 1. The topological polar surface area (TPSA) is 68.5 Å². The van der Waals surface area contributed by atoms with Crippen molar-refractivity contribution < 1.29 is 14.6 Å². The lowest BCUT2D eigenvalue weighted by Crippen LogP contribution is -2.22. The van der Waals surface area contributed by atoms with Gasteiger partial charge < -0.3 is 14.4 Å². The molecule has 6 heteroatoms. The van der Waals surface area contributed by atoms with Crippen LogP contribution in [0.4, 0.5) is 0 Å². The van der Waals surface area contributed by atoms with Gasteiger partial charge in [-0.2, -0.15) is 0 Å². The standard InChI is InChI=1S/C11H12INO4/c1-5-3-7(15)9-8(12)10(16)11(17-2)6(4-14)13(5)9/h4-5,7,15H,3H2,1-2H3/t5-,7?/m0/s1. The molecule has 0 amide bonds. The molecular formula is C11H12INO4. The molecule has 0 bridgehead atoms. The second kappa shape index (κ2) is 4.41. The number of pyridine rings is 1. The molecule has 0 saturated heterocycles. The van der Waals surface area contributed by atoms with Gasteiger partial charge in [0.2, 0.25) is 5.43 Å². The van der Waals surface area contributed by atoms with Gasteiger partial charge in [-0.25, -0.2) is 0 Å². The van der Waals surface area contributed by atoms with Crippen LogP contribution in [0.25, 0.3) is 0 Å². The molecule has 0 radical (unpaired) electrons. The summed E-state index contributed by atoms with van der Waals surface area (Å²) in [6.45, 7) is 1.90. The molecule has 0 fully saturated rings. The van der Waals surface area contributed by atoms with Crippen LogP contribution in [-0.2, 0) is 0 Å². The summed E-state index contributed by atoms with van der Waals surface area (Å²) in [5, 5.41) is 9.92. The summed E-state index contributed by atoms with van der Waals surface area (Å²) >= 11 is 1.89. The Kier molecular flexibility index (Phi) is 3.26. The zero-order valence-electron chi connectivity index (χ0n) is 9.44. The Morgan fingerprint density at radius 3 is 2.76 bits per heavy atom. The van der Waals surface area contributed by atoms with E-state index in [2.05, 4.69) is 0 Å². The molecule has 0 saturated carbocycles. The number of rotatable bonds is 2. The van der Waals surface area contributed by atoms with Crippen LogP contribution in [0.1, 0.15) is 41.7 Å². The van der Waals surface area contributed by atoms with Gasteiger partial charge in [0.15, 0.2) is 12.0 Å². The average Bonchev–Trinajstić information content (AvgIpc) is 2.59. The summed E-state index contributed by atoms with van der Waals surface area (Å²) in [6.07, 6.45) is 0.409. The zero-order chi connectivity index (χ0) is 12.7. The number of hydrogen-bond donors (Lipinski definition) is 1. The van der Waals surface area contributed by atoms with E-state index in [9.17, 15) is 14.7 Å². The second-order valence-electron chi connectivity index (χ2n) is 4.04. The van der Waals surface area contributed by atoms with Gasteiger partial charge in [-0.05, 0) is 35.9 Å². The first-order valence-electron chi connectivity index (χ1n) is 5.18. The molecule has 1 aromatic heterocycles. The average molecular weight is 349 g/mol. The molecule has 0 aliphatic carbocycles. The van der Waals surface area contributed by atoms with Crippen molar-refractivity contribution in [2.45, 2.75) is 25.5 Å². The maximum atomic E-state index is 12.0. The Morgan fingerprint density at radius 1 is 1.59 bits per heavy atom. The monoisotopic (exact) mass is 349 g/mol. The second-order valence-corrected chi connectivity index (χ2v) is 5.11. The molecule has 17 heavy (non-hydrogen) atoms. The first kappa shape index (κ1) is 12.6. The van der Waals surface area contributed by atoms with Crippen LogP contribution in [0.5, 0.6) is 5.75 Å². The number of hydrogen-bond acceptors (Lipinski definition) is 4. The van der Waals surface area contributed by atoms with Gasteiger partial charge in [-0.1, -0.05) is 0 Å². The smallest absolute Gasteiger partial charge is 0.237 e. The summed E-state index contributed by atoms with van der Waals surface area (Å²) in [4.78, 5) is 23.1. The van der Waals surface area contributed by atoms with Gasteiger partial charge >= 0.3 is 0 Å². The Balaban J connectivity index is 2.89. The maximum Gasteiger partial charge on any atom is 0.237 e. The van der Waals surface area contributed by atoms with Crippen molar-refractivity contribution in [3.63, 3.8) is 0 Å². The van der Waals surface area contributed by atoms with E-state index in [0.717, 1.165) is 0 Å². The lowest BCUT2D eigenvalue weighted by molar-refractivity contribution is 0.111. The number of aromatic nitrogens is 1. The highest BCUT2D eigenvalue weighted by molar-refractivity contribution is 14.1. The van der Waals surface area contributed by atoms with E-state index in [4.69, 9.17) is 4.74 Å². The molecule has 1 N–H and O–H groups in total. The van der Waals surface area contributed by atoms with Gasteiger partial charge in [0.05, 0.1) is 22.5 Å². The molecule has 2 heterocycles. The molecule has 1 aliphatic heterocycles. The highest BCUT2D eigenvalue weighted by Gasteiger charge is 2.33. The highest BCUT2D eigenvalue weighted by atomic mass is 127. The number of aldehydes is 1. The molecule has 2 rings (SSSR count). The molecule has 0 aromatic carbocycles. The van der Waals surface area contributed by atoms with Crippen LogP contribution in [0.3, 0.4) is 0 Å². The summed E-state index contributed by atoms with van der Waals surface area (Å²) in [7, 11) is 1.36. The van der Waals surface area contributed by atoms with Crippen molar-refractivity contribution in [1.82, 2.24) is 4.57 Å². The molecule has 1 aliphatic rings. The molecule has 92 valence electrons. The summed E-state index contributed by atoms with van der Waals surface area (Å²) < 4.78 is 7.12. The predicted molar refractivity (Wildman–Crippen MR) is 69.6 cm³/mol. The van der Waals surface area contributed by atoms with Crippen LogP contribution in [-0.4, -0.2) is 23.1 Å². The molecular weight excluding hydrogens is 337 g/mol. The maximum absolute atomic E-state index is 12.0. The van der Waals surface area contributed by atoms with Gasteiger partial charge in [0.1, 0.15) is 5.69 Å². The Hall–Kier alpha value is -0.890. The number of carbonyl (C=O) groups is 1. The van der Waals surface area contributed by atoms with E-state index in [0.29, 0.717) is 22.0 Å².